The van der Waals surface area contributed by atoms with Gasteiger partial charge < -0.3 is 29.2 Å². The van der Waals surface area contributed by atoms with Crippen molar-refractivity contribution in [3.63, 3.8) is 0 Å². The third kappa shape index (κ3) is 12.8. The lowest BCUT2D eigenvalue weighted by Gasteiger charge is -2.26. The molecule has 0 amide bonds. The maximum Gasteiger partial charge on any atom is 0.119 e. The van der Waals surface area contributed by atoms with Crippen LogP contribution in [0.25, 0.3) is 0 Å². The Kier molecular flexibility index (Phi) is 16.9. The average molecular weight is 519 g/mol. The van der Waals surface area contributed by atoms with Crippen LogP contribution in [-0.4, -0.2) is 62.1 Å². The van der Waals surface area contributed by atoms with E-state index in [0.29, 0.717) is 13.2 Å². The quantitative estimate of drug-likeness (QED) is 0.231. The molecule has 2 rings (SSSR count). The predicted octanol–water partition coefficient (Wildman–Crippen LogP) is 6.15. The number of aliphatic hydroxyl groups is 2. The second kappa shape index (κ2) is 19.0. The second-order valence-corrected chi connectivity index (χ2v) is 9.46. The van der Waals surface area contributed by atoms with E-state index >= 15 is 0 Å². The summed E-state index contributed by atoms with van der Waals surface area (Å²) in [6.45, 7) is 14.9. The van der Waals surface area contributed by atoms with Crippen molar-refractivity contribution in [3.8, 4) is 11.5 Å². The normalized spacial score (nSPS) is 12.9. The highest BCUT2D eigenvalue weighted by atomic mass is 16.5. The minimum atomic E-state index is -0.640. The molecule has 0 heterocycles. The van der Waals surface area contributed by atoms with Gasteiger partial charge in [0.25, 0.3) is 0 Å². The fourth-order valence-corrected chi connectivity index (χ4v) is 3.51. The molecule has 0 saturated heterocycles. The van der Waals surface area contributed by atoms with Crippen LogP contribution in [0.3, 0.4) is 0 Å². The molecule has 0 aliphatic heterocycles. The zero-order chi connectivity index (χ0) is 27.5. The summed E-state index contributed by atoms with van der Waals surface area (Å²) in [5.41, 5.74) is 2.10. The van der Waals surface area contributed by atoms with Gasteiger partial charge in [-0.15, -0.1) is 0 Å². The molecule has 0 aliphatic rings. The van der Waals surface area contributed by atoms with Crippen molar-refractivity contribution >= 4 is 0 Å². The molecule has 6 heteroatoms. The molecule has 2 atom stereocenters. The van der Waals surface area contributed by atoms with E-state index in [1.165, 1.54) is 0 Å². The van der Waals surface area contributed by atoms with Crippen LogP contribution in [0, 0.1) is 0 Å². The van der Waals surface area contributed by atoms with Crippen molar-refractivity contribution in [2.24, 2.45) is 0 Å². The van der Waals surface area contributed by atoms with E-state index in [-0.39, 0.29) is 31.8 Å². The van der Waals surface area contributed by atoms with E-state index in [1.54, 1.807) is 0 Å². The van der Waals surface area contributed by atoms with Gasteiger partial charge in [-0.2, -0.15) is 0 Å². The first-order valence-corrected chi connectivity index (χ1v) is 13.8. The lowest BCUT2D eigenvalue weighted by Crippen LogP contribution is -2.24. The summed E-state index contributed by atoms with van der Waals surface area (Å²) in [5, 5.41) is 20.0. The highest BCUT2D eigenvalue weighted by Crippen LogP contribution is 2.33. The van der Waals surface area contributed by atoms with Crippen molar-refractivity contribution in [1.82, 2.24) is 0 Å². The molecule has 2 unspecified atom stereocenters. The van der Waals surface area contributed by atoms with Gasteiger partial charge in [0, 0.05) is 18.6 Å². The van der Waals surface area contributed by atoms with Gasteiger partial charge in [0.2, 0.25) is 0 Å². The summed E-state index contributed by atoms with van der Waals surface area (Å²) in [7, 11) is 0. The molecule has 2 aromatic carbocycles. The lowest BCUT2D eigenvalue weighted by molar-refractivity contribution is 0.0113. The topological polar surface area (TPSA) is 77.4 Å². The third-order valence-electron chi connectivity index (χ3n) is 5.94. The van der Waals surface area contributed by atoms with Gasteiger partial charge in [-0.1, -0.05) is 78.6 Å². The number of benzene rings is 2. The molecule has 0 aliphatic carbocycles. The molecule has 0 spiro atoms. The molecular formula is C31H50O6. The van der Waals surface area contributed by atoms with Gasteiger partial charge in [-0.25, -0.2) is 0 Å². The van der Waals surface area contributed by atoms with Crippen molar-refractivity contribution in [3.05, 3.63) is 59.7 Å². The SMILES string of the molecule is CC.CCCCOCC(O)COc1ccc(C(C)(C)c2ccc(OCC(O)COCCCC)cc2)cc1. The number of rotatable bonds is 18. The minimum Gasteiger partial charge on any atom is -0.491 e. The molecule has 2 aromatic rings. The van der Waals surface area contributed by atoms with Gasteiger partial charge in [0.1, 0.15) is 36.9 Å². The first kappa shape index (κ1) is 32.9. The van der Waals surface area contributed by atoms with E-state index in [1.807, 2.05) is 38.1 Å². The summed E-state index contributed by atoms with van der Waals surface area (Å²) in [5.74, 6) is 1.44. The molecule has 2 N–H and O–H groups in total. The number of ether oxygens (including phenoxy) is 4. The largest absolute Gasteiger partial charge is 0.491 e. The molecular weight excluding hydrogens is 468 g/mol. The van der Waals surface area contributed by atoms with Crippen LogP contribution >= 0.6 is 0 Å². The van der Waals surface area contributed by atoms with Crippen molar-refractivity contribution in [2.45, 2.75) is 84.8 Å². The van der Waals surface area contributed by atoms with Crippen LogP contribution in [0.1, 0.15) is 78.4 Å². The van der Waals surface area contributed by atoms with E-state index in [4.69, 9.17) is 18.9 Å². The zero-order valence-corrected chi connectivity index (χ0v) is 23.9. The highest BCUT2D eigenvalue weighted by molar-refractivity contribution is 5.41. The predicted molar refractivity (Wildman–Crippen MR) is 151 cm³/mol. The number of aliphatic hydroxyl groups excluding tert-OH is 2. The third-order valence-corrected chi connectivity index (χ3v) is 5.94. The number of unbranched alkanes of at least 4 members (excludes halogenated alkanes) is 2. The summed E-state index contributed by atoms with van der Waals surface area (Å²) in [6, 6.07) is 16.0. The Hall–Kier alpha value is -2.12. The Labute approximate surface area is 224 Å². The minimum absolute atomic E-state index is 0.204. The summed E-state index contributed by atoms with van der Waals surface area (Å²) in [4.78, 5) is 0. The van der Waals surface area contributed by atoms with Gasteiger partial charge in [-0.3, -0.25) is 0 Å². The summed E-state index contributed by atoms with van der Waals surface area (Å²) < 4.78 is 22.3. The van der Waals surface area contributed by atoms with E-state index < -0.39 is 12.2 Å². The lowest BCUT2D eigenvalue weighted by atomic mass is 9.78. The molecule has 0 aromatic heterocycles. The van der Waals surface area contributed by atoms with Crippen LogP contribution in [0.4, 0.5) is 0 Å². The van der Waals surface area contributed by atoms with Crippen molar-refractivity contribution < 1.29 is 29.2 Å². The molecule has 0 radical (unpaired) electrons. The van der Waals surface area contributed by atoms with Gasteiger partial charge in [0.15, 0.2) is 0 Å². The van der Waals surface area contributed by atoms with E-state index in [0.717, 1.165) is 48.3 Å². The first-order chi connectivity index (χ1) is 17.9. The van der Waals surface area contributed by atoms with Gasteiger partial charge >= 0.3 is 0 Å². The van der Waals surface area contributed by atoms with E-state index in [2.05, 4.69) is 52.0 Å². The number of hydrogen-bond acceptors (Lipinski definition) is 6. The van der Waals surface area contributed by atoms with Crippen molar-refractivity contribution in [2.75, 3.05) is 39.6 Å². The Morgan fingerprint density at radius 3 is 1.30 bits per heavy atom. The summed E-state index contributed by atoms with van der Waals surface area (Å²) in [6.07, 6.45) is 2.87. The fraction of sp³-hybridized carbons (Fsp3) is 0.613. The standard InChI is InChI=1S/C29H44O6.C2H6/c1-5-7-17-32-19-25(30)21-34-27-13-9-23(10-14-27)29(3,4)24-11-15-28(16-12-24)35-22-26(31)20-33-18-8-6-2;1-2/h9-16,25-26,30-31H,5-8,17-22H2,1-4H3;1-2H3. The highest BCUT2D eigenvalue weighted by Gasteiger charge is 2.23. The second-order valence-electron chi connectivity index (χ2n) is 9.46. The Morgan fingerprint density at radius 2 is 0.973 bits per heavy atom. The first-order valence-electron chi connectivity index (χ1n) is 13.8. The molecule has 210 valence electrons. The summed E-state index contributed by atoms with van der Waals surface area (Å²) >= 11 is 0. The van der Waals surface area contributed by atoms with E-state index in [9.17, 15) is 10.2 Å². The Bertz CT molecular complexity index is 736. The maximum absolute atomic E-state index is 10.0. The molecule has 0 saturated carbocycles. The van der Waals surface area contributed by atoms with Crippen LogP contribution in [-0.2, 0) is 14.9 Å². The Balaban J connectivity index is 0.00000334. The van der Waals surface area contributed by atoms with Crippen LogP contribution in [0.2, 0.25) is 0 Å². The van der Waals surface area contributed by atoms with Gasteiger partial charge in [0.05, 0.1) is 13.2 Å². The van der Waals surface area contributed by atoms with Crippen LogP contribution < -0.4 is 9.47 Å². The molecule has 37 heavy (non-hydrogen) atoms. The molecule has 0 bridgehead atoms. The zero-order valence-electron chi connectivity index (χ0n) is 23.9. The molecule has 6 nitrogen and oxygen atoms in total. The smallest absolute Gasteiger partial charge is 0.119 e. The fourth-order valence-electron chi connectivity index (χ4n) is 3.51. The molecule has 0 fully saturated rings. The van der Waals surface area contributed by atoms with Crippen molar-refractivity contribution in [1.29, 1.82) is 0 Å². The maximum atomic E-state index is 10.0. The Morgan fingerprint density at radius 1 is 0.622 bits per heavy atom. The van der Waals surface area contributed by atoms with Crippen LogP contribution in [0.15, 0.2) is 48.5 Å². The number of hydrogen-bond donors (Lipinski definition) is 2. The van der Waals surface area contributed by atoms with Gasteiger partial charge in [-0.05, 0) is 48.2 Å². The average Bonchev–Trinajstić information content (AvgIpc) is 2.93. The monoisotopic (exact) mass is 518 g/mol. The van der Waals surface area contributed by atoms with Crippen LogP contribution in [0.5, 0.6) is 11.5 Å².